The average Bonchev–Trinajstić information content (AvgIpc) is 2.41. The molecule has 18 heteroatoms. The number of nitrogens with zero attached hydrogens (tertiary/aromatic N) is 1. The van der Waals surface area contributed by atoms with E-state index < -0.39 is 54.0 Å². The van der Waals surface area contributed by atoms with Gasteiger partial charge in [0.2, 0.25) is 0 Å². The Hall–Kier alpha value is -2.29. The van der Waals surface area contributed by atoms with Gasteiger partial charge in [-0.05, 0) is 0 Å². The first-order valence-corrected chi connectivity index (χ1v) is 7.76. The molecular formula is C8CfF16N. The van der Waals surface area contributed by atoms with Gasteiger partial charge >= 0.3 is 124 Å². The molecule has 0 bridgehead atoms. The van der Waals surface area contributed by atoms with Crippen LogP contribution in [0.5, 0.6) is 0 Å². The number of hydrogen-bond donors (Lipinski definition) is 0. The van der Waals surface area contributed by atoms with Gasteiger partial charge < -0.3 is 0 Å². The van der Waals surface area contributed by atoms with Gasteiger partial charge in [-0.3, -0.25) is 0 Å². The van der Waals surface area contributed by atoms with Crippen molar-refractivity contribution in [1.82, 2.24) is 5.32 Å². The second-order valence-corrected chi connectivity index (χ2v) is 7.36. The maximum atomic E-state index is 13.4. The van der Waals surface area contributed by atoms with Gasteiger partial charge in [0, 0.05) is 0 Å². The zero-order valence-electron chi connectivity index (χ0n) is 10.8. The molecule has 1 heterocycles. The van der Waals surface area contributed by atoms with Crippen molar-refractivity contribution in [3.8, 4) is 0 Å². The van der Waals surface area contributed by atoms with Crippen molar-refractivity contribution in [3.63, 3.8) is 0 Å². The van der Waals surface area contributed by atoms with Crippen molar-refractivity contribution in [1.29, 1.82) is 0 Å². The fourth-order valence-electron chi connectivity index (χ4n) is 1.37. The molecule has 0 spiro atoms. The zero-order chi connectivity index (χ0) is 21.4. The van der Waals surface area contributed by atoms with Crippen molar-refractivity contribution in [2.45, 2.75) is 42.0 Å². The van der Waals surface area contributed by atoms with E-state index in [1.54, 1.807) is 0 Å². The third-order valence-corrected chi connectivity index (χ3v) is 6.06. The normalized spacial score (nSPS) is 29.6. The summed E-state index contributed by atoms with van der Waals surface area (Å²) in [5.74, 6) is -31.2. The molecule has 0 aliphatic carbocycles. The molecule has 1 nitrogen and oxygen atoms in total. The van der Waals surface area contributed by atoms with Gasteiger partial charge in [-0.25, -0.2) is 0 Å². The Labute approximate surface area is 125 Å². The van der Waals surface area contributed by atoms with Crippen LogP contribution in [0.4, 0.5) is 70.2 Å². The molecule has 1 fully saturated rings. The minimum atomic E-state index is -7.85. The molecule has 0 N–H and O–H groups in total. The first-order valence-electron chi connectivity index (χ1n) is 5.27. The summed E-state index contributed by atoms with van der Waals surface area (Å²) in [7, 11) is 0. The van der Waals surface area contributed by atoms with Crippen LogP contribution >= 0.6 is 0 Å². The van der Waals surface area contributed by atoms with Crippen LogP contribution in [0.1, 0.15) is 0 Å². The summed E-state index contributed by atoms with van der Waals surface area (Å²) < 4.78 is 201. The van der Waals surface area contributed by atoms with Gasteiger partial charge in [0.25, 0.3) is 0 Å². The van der Waals surface area contributed by atoms with E-state index in [0.29, 0.717) is 0 Å². The molecule has 1 aliphatic heterocycles. The summed E-state index contributed by atoms with van der Waals surface area (Å²) in [6.45, 7) is -3.90. The van der Waals surface area contributed by atoms with Gasteiger partial charge in [0.15, 0.2) is 0 Å². The Morgan fingerprint density at radius 1 is 0.577 bits per heavy atom. The van der Waals surface area contributed by atoms with Gasteiger partial charge in [0.1, 0.15) is 0 Å². The van der Waals surface area contributed by atoms with Crippen LogP contribution in [0.2, 0.25) is 0 Å². The van der Waals surface area contributed by atoms with Crippen molar-refractivity contribution in [2.75, 3.05) is 0 Å². The van der Waals surface area contributed by atoms with Crippen LogP contribution in [0.3, 0.4) is 0 Å². The van der Waals surface area contributed by atoms with Crippen molar-refractivity contribution >= 4 is 6.67 Å². The summed E-state index contributed by atoms with van der Waals surface area (Å²) in [6.07, 6.45) is -6.40. The molecular weight excluding hydrogens is 665 g/mol. The molecule has 0 atom stereocenters. The molecule has 0 unspecified atom stereocenters. The van der Waals surface area contributed by atoms with Gasteiger partial charge in [-0.1, -0.05) is 0 Å². The third kappa shape index (κ3) is 2.22. The van der Waals surface area contributed by atoms with Crippen LogP contribution in [0.25, 0.3) is 0 Å². The second-order valence-electron chi connectivity index (χ2n) is 4.44. The summed E-state index contributed by atoms with van der Waals surface area (Å²) in [5, 5.41) is -3.23. The molecule has 159 valence electrons. The standard InChI is InChI=1S/C6F12N.C2F4.Cf/c7-1(8)2(9,10)4(13,14)6(17,18)19-5(15,16)3(1,11)12;3-1-2(4,5)6;/q-1;;+1. The quantitative estimate of drug-likeness (QED) is 0.291. The van der Waals surface area contributed by atoms with Crippen LogP contribution in [0, 0.1) is 0 Å². The topological polar surface area (TPSA) is 3.24 Å². The summed E-state index contributed by atoms with van der Waals surface area (Å²) in [4.78, 5) is 0. The Kier molecular flexibility index (Phi) is 4.10. The Balaban J connectivity index is 3.97. The van der Waals surface area contributed by atoms with E-state index in [1.165, 1.54) is 0 Å². The Bertz CT molecular complexity index is 564. The van der Waals surface area contributed by atoms with Crippen LogP contribution < -0.4 is 0 Å². The first kappa shape index (κ1) is 21.8. The summed E-state index contributed by atoms with van der Waals surface area (Å²) in [6, 6.07) is -14.8. The molecule has 0 radical (unpaired) electrons. The van der Waals surface area contributed by atoms with E-state index in [4.69, 9.17) is 0 Å². The zero-order valence-corrected chi connectivity index (χ0v) is 13.4. The first-order chi connectivity index (χ1) is 11.0. The van der Waals surface area contributed by atoms with Gasteiger partial charge in [-0.2, -0.15) is 0 Å². The van der Waals surface area contributed by atoms with E-state index in [9.17, 15) is 70.2 Å². The molecule has 0 saturated carbocycles. The van der Waals surface area contributed by atoms with Crippen LogP contribution in [0.15, 0.2) is 0 Å². The molecule has 1 saturated heterocycles. The molecule has 0 amide bonds. The predicted octanol–water partition coefficient (Wildman–Crippen LogP) is 4.69. The van der Waals surface area contributed by atoms with E-state index in [0.717, 1.165) is 0 Å². The third-order valence-electron chi connectivity index (χ3n) is 2.73. The summed E-state index contributed by atoms with van der Waals surface area (Å²) in [5.41, 5.74) is 0. The van der Waals surface area contributed by atoms with Gasteiger partial charge in [-0.15, -0.1) is 0 Å². The average molecular weight is 665 g/mol. The molecule has 1 rings (SSSR count). The fourth-order valence-corrected chi connectivity index (χ4v) is 3.70. The van der Waals surface area contributed by atoms with E-state index >= 15 is 0 Å². The Morgan fingerprint density at radius 3 is 1.08 bits per heavy atom. The summed E-state index contributed by atoms with van der Waals surface area (Å²) >= 11 is 0. The van der Waals surface area contributed by atoms with Crippen molar-refractivity contribution in [3.05, 3.63) is 0 Å². The number of hydrogen-bond acceptors (Lipinski definition) is 1. The van der Waals surface area contributed by atoms with E-state index in [2.05, 4.69) is 0 Å². The number of rotatable bonds is 1. The van der Waals surface area contributed by atoms with Crippen LogP contribution in [-0.4, -0.2) is 54.0 Å². The van der Waals surface area contributed by atoms with Crippen LogP contribution in [-0.2, 0) is 0 Å². The SMILES string of the molecule is F/[C](=[Cf]\[N]1C(F)(F)C(F)(F)C(F)(F)C(F)(F)C(F)(F)C1(F)F)C(F)(F)F. The van der Waals surface area contributed by atoms with Gasteiger partial charge in [0.05, 0.1) is 0 Å². The monoisotopic (exact) mass is 663 g/mol. The molecule has 26 heavy (non-hydrogen) atoms. The molecule has 1 aliphatic rings. The Morgan fingerprint density at radius 2 is 0.846 bits per heavy atom. The number of halogens is 16. The van der Waals surface area contributed by atoms with Crippen molar-refractivity contribution < 1.29 is 70.2 Å². The second kappa shape index (κ2) is 4.91. The van der Waals surface area contributed by atoms with Crippen molar-refractivity contribution in [2.24, 2.45) is 0 Å². The minimum absolute atomic E-state index is 3.23. The van der Waals surface area contributed by atoms with E-state index in [-0.39, 0.29) is 0 Å². The molecule has 0 aromatic rings. The molecule has 0 aromatic carbocycles. The van der Waals surface area contributed by atoms with E-state index in [1.807, 2.05) is 0 Å². The number of alkyl halides is 15. The molecule has 0 aromatic heterocycles. The maximum absolute atomic E-state index is 13.4. The predicted molar refractivity (Wildman–Crippen MR) is 43.7 cm³/mol. The fraction of sp³-hybridized carbons (Fsp3) is 0.875.